The van der Waals surface area contributed by atoms with E-state index in [-0.39, 0.29) is 0 Å². The number of aromatic nitrogens is 3. The van der Waals surface area contributed by atoms with Gasteiger partial charge in [0.1, 0.15) is 0 Å². The summed E-state index contributed by atoms with van der Waals surface area (Å²) in [6.45, 7) is 3.98. The second kappa shape index (κ2) is 8.65. The number of nitrogens with zero attached hydrogens (tertiary/aromatic N) is 6. The lowest BCUT2D eigenvalue weighted by atomic mass is 9.97. The monoisotopic (exact) mass is 437 g/mol. The minimum absolute atomic E-state index is 0.495. The molecule has 0 unspecified atom stereocenters. The largest absolute Gasteiger partial charge is 0.341 e. The highest BCUT2D eigenvalue weighted by Crippen LogP contribution is 2.27. The van der Waals surface area contributed by atoms with Crippen LogP contribution in [0.1, 0.15) is 31.2 Å². The summed E-state index contributed by atoms with van der Waals surface area (Å²) in [5.41, 5.74) is 4.19. The number of hydrazone groups is 1. The van der Waals surface area contributed by atoms with Gasteiger partial charge in [0.05, 0.1) is 6.21 Å². The molecule has 3 heterocycles. The van der Waals surface area contributed by atoms with Crippen LogP contribution in [0, 0.1) is 0 Å². The number of hydrogen-bond donors (Lipinski definition) is 1. The van der Waals surface area contributed by atoms with Crippen molar-refractivity contribution in [3.63, 3.8) is 0 Å². The van der Waals surface area contributed by atoms with E-state index < -0.39 is 0 Å². The van der Waals surface area contributed by atoms with E-state index in [2.05, 4.69) is 74.9 Å². The standard InChI is InChI=1S/C26H27N7/c1-3-11-21-19(9-1)17-20-10-2-4-12-22(20)23(21)18-27-31-24-28-25(32-13-5-6-14-32)30-26(29-24)33-15-7-8-16-33/h1-4,9-12,17-18H,5-8,13-16H2,(H,28,29,30,31)/b27-18+. The Morgan fingerprint density at radius 2 is 1.21 bits per heavy atom. The van der Waals surface area contributed by atoms with Crippen molar-refractivity contribution < 1.29 is 0 Å². The normalized spacial score (nSPS) is 16.5. The van der Waals surface area contributed by atoms with Crippen LogP contribution in [-0.2, 0) is 0 Å². The molecule has 2 saturated heterocycles. The van der Waals surface area contributed by atoms with Crippen LogP contribution in [0.4, 0.5) is 17.8 Å². The first-order valence-electron chi connectivity index (χ1n) is 11.8. The van der Waals surface area contributed by atoms with Gasteiger partial charge in [-0.1, -0.05) is 48.5 Å². The predicted molar refractivity (Wildman–Crippen MR) is 135 cm³/mol. The van der Waals surface area contributed by atoms with E-state index in [4.69, 9.17) is 15.0 Å². The maximum atomic E-state index is 4.78. The van der Waals surface area contributed by atoms with Crippen LogP contribution in [0.15, 0.2) is 59.7 Å². The Morgan fingerprint density at radius 1 is 0.697 bits per heavy atom. The summed E-state index contributed by atoms with van der Waals surface area (Å²) in [7, 11) is 0. The van der Waals surface area contributed by atoms with Gasteiger partial charge in [-0.3, -0.25) is 0 Å². The molecule has 6 rings (SSSR count). The zero-order valence-corrected chi connectivity index (χ0v) is 18.6. The van der Waals surface area contributed by atoms with E-state index in [1.165, 1.54) is 47.2 Å². The fraction of sp³-hybridized carbons (Fsp3) is 0.308. The smallest absolute Gasteiger partial charge is 0.250 e. The Labute approximate surface area is 193 Å². The molecule has 1 N–H and O–H groups in total. The van der Waals surface area contributed by atoms with Crippen LogP contribution in [-0.4, -0.2) is 47.3 Å². The quantitative estimate of drug-likeness (QED) is 0.274. The van der Waals surface area contributed by atoms with Crippen LogP contribution in [0.2, 0.25) is 0 Å². The molecule has 0 saturated carbocycles. The zero-order valence-electron chi connectivity index (χ0n) is 18.6. The minimum atomic E-state index is 0.495. The number of fused-ring (bicyclic) bond motifs is 2. The molecule has 7 nitrogen and oxygen atoms in total. The highest BCUT2D eigenvalue weighted by molar-refractivity contribution is 6.13. The van der Waals surface area contributed by atoms with E-state index in [0.29, 0.717) is 5.95 Å². The Bertz CT molecular complexity index is 1230. The molecule has 7 heteroatoms. The van der Waals surface area contributed by atoms with Crippen molar-refractivity contribution in [1.82, 2.24) is 15.0 Å². The molecular weight excluding hydrogens is 410 g/mol. The van der Waals surface area contributed by atoms with E-state index in [9.17, 15) is 0 Å². The lowest BCUT2D eigenvalue weighted by molar-refractivity contribution is 0.838. The second-order valence-electron chi connectivity index (χ2n) is 8.75. The summed E-state index contributed by atoms with van der Waals surface area (Å²) in [6.07, 6.45) is 6.61. The third-order valence-corrected chi connectivity index (χ3v) is 6.56. The van der Waals surface area contributed by atoms with Crippen molar-refractivity contribution >= 4 is 45.6 Å². The predicted octanol–water partition coefficient (Wildman–Crippen LogP) is 4.82. The van der Waals surface area contributed by atoms with Crippen LogP contribution < -0.4 is 15.2 Å². The second-order valence-corrected chi connectivity index (χ2v) is 8.75. The summed E-state index contributed by atoms with van der Waals surface area (Å²) < 4.78 is 0. The molecule has 2 aliphatic rings. The summed E-state index contributed by atoms with van der Waals surface area (Å²) in [5.74, 6) is 1.99. The van der Waals surface area contributed by atoms with Gasteiger partial charge in [-0.15, -0.1) is 0 Å². The molecule has 0 atom stereocenters. The van der Waals surface area contributed by atoms with Crippen LogP contribution >= 0.6 is 0 Å². The molecule has 1 aromatic heterocycles. The van der Waals surface area contributed by atoms with Crippen molar-refractivity contribution in [1.29, 1.82) is 0 Å². The lowest BCUT2D eigenvalue weighted by Gasteiger charge is -2.20. The minimum Gasteiger partial charge on any atom is -0.341 e. The Hall–Kier alpha value is -3.74. The Balaban J connectivity index is 1.35. The summed E-state index contributed by atoms with van der Waals surface area (Å²) >= 11 is 0. The van der Waals surface area contributed by atoms with Gasteiger partial charge in [-0.2, -0.15) is 20.1 Å². The molecule has 0 radical (unpaired) electrons. The SMILES string of the molecule is C(=N\Nc1nc(N2CCCC2)nc(N2CCCC2)n1)/c1c2ccccc2cc2ccccc12. The first-order chi connectivity index (χ1) is 16.3. The first-order valence-corrected chi connectivity index (χ1v) is 11.8. The van der Waals surface area contributed by atoms with Gasteiger partial charge in [0.2, 0.25) is 17.8 Å². The van der Waals surface area contributed by atoms with Crippen molar-refractivity contribution in [2.24, 2.45) is 5.10 Å². The number of nitrogens with one attached hydrogen (secondary N) is 1. The molecule has 0 aliphatic carbocycles. The summed E-state index contributed by atoms with van der Waals surface area (Å²) in [6, 6.07) is 19.1. The number of rotatable bonds is 5. The van der Waals surface area contributed by atoms with Gasteiger partial charge in [0.15, 0.2) is 0 Å². The lowest BCUT2D eigenvalue weighted by Crippen LogP contribution is -2.25. The molecule has 0 bridgehead atoms. The molecule has 2 fully saturated rings. The Kier molecular flexibility index (Phi) is 5.22. The van der Waals surface area contributed by atoms with Crippen molar-refractivity contribution in [3.8, 4) is 0 Å². The maximum Gasteiger partial charge on any atom is 0.250 e. The van der Waals surface area contributed by atoms with E-state index in [0.717, 1.165) is 43.6 Å². The fourth-order valence-corrected chi connectivity index (χ4v) is 4.86. The van der Waals surface area contributed by atoms with Crippen molar-refractivity contribution in [2.45, 2.75) is 25.7 Å². The summed E-state index contributed by atoms with van der Waals surface area (Å²) in [4.78, 5) is 18.7. The molecular formula is C26H27N7. The number of hydrogen-bond acceptors (Lipinski definition) is 7. The highest BCUT2D eigenvalue weighted by Gasteiger charge is 2.21. The number of benzene rings is 3. The average molecular weight is 438 g/mol. The topological polar surface area (TPSA) is 69.5 Å². The molecule has 33 heavy (non-hydrogen) atoms. The van der Waals surface area contributed by atoms with E-state index in [1.807, 2.05) is 6.21 Å². The first kappa shape index (κ1) is 19.9. The van der Waals surface area contributed by atoms with E-state index >= 15 is 0 Å². The molecule has 4 aromatic rings. The van der Waals surface area contributed by atoms with Crippen molar-refractivity contribution in [2.75, 3.05) is 41.4 Å². The molecule has 166 valence electrons. The van der Waals surface area contributed by atoms with Gasteiger partial charge < -0.3 is 9.80 Å². The van der Waals surface area contributed by atoms with Crippen LogP contribution in [0.25, 0.3) is 21.5 Å². The zero-order chi connectivity index (χ0) is 22.0. The van der Waals surface area contributed by atoms with Crippen molar-refractivity contribution in [3.05, 3.63) is 60.2 Å². The maximum absolute atomic E-state index is 4.78. The van der Waals surface area contributed by atoms with Gasteiger partial charge in [0.25, 0.3) is 0 Å². The molecule has 0 amide bonds. The third kappa shape index (κ3) is 3.95. The average Bonchev–Trinajstić information content (AvgIpc) is 3.58. The van der Waals surface area contributed by atoms with Gasteiger partial charge in [0, 0.05) is 31.7 Å². The molecule has 3 aromatic carbocycles. The highest BCUT2D eigenvalue weighted by atomic mass is 15.4. The van der Waals surface area contributed by atoms with Gasteiger partial charge in [-0.05, 0) is 53.3 Å². The van der Waals surface area contributed by atoms with Gasteiger partial charge in [-0.25, -0.2) is 5.43 Å². The molecule has 0 spiro atoms. The summed E-state index contributed by atoms with van der Waals surface area (Å²) in [5, 5.41) is 9.33. The molecule has 2 aliphatic heterocycles. The van der Waals surface area contributed by atoms with E-state index in [1.54, 1.807) is 0 Å². The third-order valence-electron chi connectivity index (χ3n) is 6.56. The van der Waals surface area contributed by atoms with Crippen LogP contribution in [0.3, 0.4) is 0 Å². The fourth-order valence-electron chi connectivity index (χ4n) is 4.86. The number of anilines is 3. The Morgan fingerprint density at radius 3 is 1.76 bits per heavy atom. The van der Waals surface area contributed by atoms with Crippen LogP contribution in [0.5, 0.6) is 0 Å². The van der Waals surface area contributed by atoms with Gasteiger partial charge >= 0.3 is 0 Å².